The van der Waals surface area contributed by atoms with Crippen LogP contribution in [0.3, 0.4) is 0 Å². The molecule has 0 atom stereocenters. The van der Waals surface area contributed by atoms with E-state index >= 15 is 0 Å². The smallest absolute Gasteiger partial charge is 0.193 e. The van der Waals surface area contributed by atoms with Gasteiger partial charge in [0.25, 0.3) is 0 Å². The second-order valence-electron chi connectivity index (χ2n) is 7.67. The fourth-order valence-corrected chi connectivity index (χ4v) is 3.19. The quantitative estimate of drug-likeness (QED) is 0.727. The van der Waals surface area contributed by atoms with Gasteiger partial charge in [-0.05, 0) is 34.4 Å². The summed E-state index contributed by atoms with van der Waals surface area (Å²) in [6.07, 6.45) is -0.0736. The molecule has 0 saturated carbocycles. The zero-order valence-corrected chi connectivity index (χ0v) is 14.5. The van der Waals surface area contributed by atoms with E-state index in [1.807, 2.05) is 6.92 Å². The van der Waals surface area contributed by atoms with Crippen molar-refractivity contribution in [1.29, 1.82) is 0 Å². The molecular weight excluding hydrogens is 271 g/mol. The molecule has 4 heteroatoms. The van der Waals surface area contributed by atoms with Crippen LogP contribution in [0.15, 0.2) is 12.1 Å². The highest BCUT2D eigenvalue weighted by Gasteiger charge is 2.34. The third-order valence-electron chi connectivity index (χ3n) is 3.52. The predicted molar refractivity (Wildman–Crippen MR) is 85.9 cm³/mol. The molecule has 0 aliphatic heterocycles. The first kappa shape index (κ1) is 17.6. The number of aryl methyl sites for hydroxylation is 1. The van der Waals surface area contributed by atoms with Crippen LogP contribution in [0, 0.1) is 6.92 Å². The van der Waals surface area contributed by atoms with Gasteiger partial charge in [-0.2, -0.15) is 14.7 Å². The van der Waals surface area contributed by atoms with Crippen molar-refractivity contribution in [2.45, 2.75) is 65.5 Å². The molecule has 114 valence electrons. The lowest BCUT2D eigenvalue weighted by Crippen LogP contribution is -2.20. The summed E-state index contributed by atoms with van der Waals surface area (Å²) in [7, 11) is -3.82. The Kier molecular flexibility index (Phi) is 4.73. The van der Waals surface area contributed by atoms with E-state index < -0.39 is 7.94 Å². The van der Waals surface area contributed by atoms with Crippen LogP contribution in [-0.4, -0.2) is 14.7 Å². The molecule has 20 heavy (non-hydrogen) atoms. The minimum absolute atomic E-state index is 0.0349. The van der Waals surface area contributed by atoms with Gasteiger partial charge in [-0.3, -0.25) is 0 Å². The summed E-state index contributed by atoms with van der Waals surface area (Å²) in [5, 5.41) is 0. The highest BCUT2D eigenvalue weighted by Crippen LogP contribution is 2.50. The molecule has 3 N–H and O–H groups in total. The van der Waals surface area contributed by atoms with Gasteiger partial charge in [-0.1, -0.05) is 53.7 Å². The number of benzene rings is 1. The third-order valence-corrected chi connectivity index (χ3v) is 4.26. The maximum absolute atomic E-state index is 9.44. The predicted octanol–water partition coefficient (Wildman–Crippen LogP) is 3.83. The monoisotopic (exact) mass is 299 g/mol. The molecule has 0 aliphatic rings. The zero-order valence-electron chi connectivity index (χ0n) is 13.7. The van der Waals surface area contributed by atoms with Crippen LogP contribution in [0.5, 0.6) is 0 Å². The van der Waals surface area contributed by atoms with E-state index in [-0.39, 0.29) is 17.0 Å². The molecule has 0 bridgehead atoms. The molecule has 0 aliphatic carbocycles. The lowest BCUT2D eigenvalue weighted by atomic mass is 9.77. The Labute approximate surface area is 123 Å². The summed E-state index contributed by atoms with van der Waals surface area (Å²) in [6.45, 7) is 14.8. The maximum Gasteiger partial charge on any atom is 0.408 e. The van der Waals surface area contributed by atoms with Gasteiger partial charge in [-0.25, -0.2) is 0 Å². The topological polar surface area (TPSA) is 60.7 Å². The van der Waals surface area contributed by atoms with Crippen LogP contribution in [0.4, 0.5) is 0 Å². The SMILES string of the molecule is Cc1cc(C(C)(C)C)cc(C(C)(C)C)c1C[P+](O)(O)O. The van der Waals surface area contributed by atoms with Gasteiger partial charge in [-0.15, -0.1) is 0 Å². The largest absolute Gasteiger partial charge is 0.408 e. The highest BCUT2D eigenvalue weighted by molar-refractivity contribution is 7.57. The van der Waals surface area contributed by atoms with Crippen molar-refractivity contribution in [3.05, 3.63) is 34.4 Å². The molecule has 1 rings (SSSR count). The molecule has 0 heterocycles. The first-order valence-corrected chi connectivity index (χ1v) is 8.76. The van der Waals surface area contributed by atoms with Crippen molar-refractivity contribution in [1.82, 2.24) is 0 Å². The molecule has 0 unspecified atom stereocenters. The van der Waals surface area contributed by atoms with E-state index in [1.165, 1.54) is 5.56 Å². The Bertz CT molecular complexity index is 488. The molecule has 1 aromatic rings. The number of hydrogen-bond acceptors (Lipinski definition) is 3. The lowest BCUT2D eigenvalue weighted by molar-refractivity contribution is 0.328. The van der Waals surface area contributed by atoms with Crippen molar-refractivity contribution in [3.8, 4) is 0 Å². The van der Waals surface area contributed by atoms with E-state index in [0.717, 1.165) is 16.7 Å². The van der Waals surface area contributed by atoms with Gasteiger partial charge in [0.05, 0.1) is 0 Å². The van der Waals surface area contributed by atoms with Gasteiger partial charge in [0, 0.05) is 5.56 Å². The summed E-state index contributed by atoms with van der Waals surface area (Å²) in [6, 6.07) is 4.22. The standard InChI is InChI=1S/C16H28O3P/c1-11-8-12(15(2,3)4)9-14(16(5,6)7)13(11)10-20(17,18)19/h8-9,17-19H,10H2,1-7H3/q+1. The third kappa shape index (κ3) is 4.53. The molecule has 0 aromatic heterocycles. The second kappa shape index (κ2) is 5.38. The lowest BCUT2D eigenvalue weighted by Gasteiger charge is -2.28. The van der Waals surface area contributed by atoms with Gasteiger partial charge >= 0.3 is 7.94 Å². The molecule has 0 radical (unpaired) electrons. The van der Waals surface area contributed by atoms with E-state index in [1.54, 1.807) is 0 Å². The van der Waals surface area contributed by atoms with Gasteiger partial charge in [0.2, 0.25) is 0 Å². The fraction of sp³-hybridized carbons (Fsp3) is 0.625. The summed E-state index contributed by atoms with van der Waals surface area (Å²) < 4.78 is 0. The molecule has 0 spiro atoms. The Morgan fingerprint density at radius 1 is 0.900 bits per heavy atom. The maximum atomic E-state index is 9.44. The van der Waals surface area contributed by atoms with Crippen LogP contribution >= 0.6 is 7.94 Å². The summed E-state index contributed by atoms with van der Waals surface area (Å²) in [5.41, 5.74) is 4.07. The number of hydrogen-bond donors (Lipinski definition) is 3. The van der Waals surface area contributed by atoms with Gasteiger partial charge in [0.1, 0.15) is 0 Å². The molecule has 1 aromatic carbocycles. The number of rotatable bonds is 2. The van der Waals surface area contributed by atoms with Crippen molar-refractivity contribution in [3.63, 3.8) is 0 Å². The van der Waals surface area contributed by atoms with Crippen molar-refractivity contribution >= 4 is 7.94 Å². The first-order chi connectivity index (χ1) is 8.72. The molecule has 3 nitrogen and oxygen atoms in total. The van der Waals surface area contributed by atoms with Gasteiger partial charge < -0.3 is 0 Å². The van der Waals surface area contributed by atoms with Crippen molar-refractivity contribution in [2.24, 2.45) is 0 Å². The minimum Gasteiger partial charge on any atom is -0.193 e. The zero-order chi connectivity index (χ0) is 15.9. The Morgan fingerprint density at radius 2 is 1.40 bits per heavy atom. The van der Waals surface area contributed by atoms with Crippen LogP contribution in [0.2, 0.25) is 0 Å². The van der Waals surface area contributed by atoms with Crippen LogP contribution in [-0.2, 0) is 17.0 Å². The summed E-state index contributed by atoms with van der Waals surface area (Å²) >= 11 is 0. The first-order valence-electron chi connectivity index (χ1n) is 6.92. The van der Waals surface area contributed by atoms with E-state index in [4.69, 9.17) is 0 Å². The highest BCUT2D eigenvalue weighted by atomic mass is 31.2. The fourth-order valence-electron chi connectivity index (χ4n) is 2.34. The minimum atomic E-state index is -3.82. The van der Waals surface area contributed by atoms with Gasteiger partial charge in [0.15, 0.2) is 6.16 Å². The molecule has 0 amide bonds. The average molecular weight is 299 g/mol. The van der Waals surface area contributed by atoms with E-state index in [2.05, 4.69) is 53.7 Å². The van der Waals surface area contributed by atoms with Crippen LogP contribution < -0.4 is 0 Å². The summed E-state index contributed by atoms with van der Waals surface area (Å²) in [5.74, 6) is 0. The molecule has 0 saturated heterocycles. The van der Waals surface area contributed by atoms with Crippen molar-refractivity contribution < 1.29 is 14.7 Å². The summed E-state index contributed by atoms with van der Waals surface area (Å²) in [4.78, 5) is 28.3. The van der Waals surface area contributed by atoms with E-state index in [9.17, 15) is 14.7 Å². The van der Waals surface area contributed by atoms with E-state index in [0.29, 0.717) is 0 Å². The Balaban J connectivity index is 3.52. The molecular formula is C16H28O3P+. The second-order valence-corrected chi connectivity index (χ2v) is 9.37. The Hall–Kier alpha value is -0.470. The normalized spacial score (nSPS) is 13.7. The van der Waals surface area contributed by atoms with Crippen LogP contribution in [0.25, 0.3) is 0 Å². The van der Waals surface area contributed by atoms with Crippen LogP contribution in [0.1, 0.15) is 63.8 Å². The average Bonchev–Trinajstić information content (AvgIpc) is 2.15. The molecule has 0 fully saturated rings. The Morgan fingerprint density at radius 3 is 1.75 bits per heavy atom. The van der Waals surface area contributed by atoms with Crippen molar-refractivity contribution in [2.75, 3.05) is 0 Å².